The summed E-state index contributed by atoms with van der Waals surface area (Å²) in [5.74, 6) is 0.519. The van der Waals surface area contributed by atoms with Crippen molar-refractivity contribution in [3.63, 3.8) is 0 Å². The molecular weight excluding hydrogens is 278 g/mol. The number of nitriles is 1. The number of amides is 1. The zero-order valence-corrected chi connectivity index (χ0v) is 12.3. The van der Waals surface area contributed by atoms with E-state index < -0.39 is 0 Å². The van der Waals surface area contributed by atoms with Crippen molar-refractivity contribution in [2.75, 3.05) is 18.2 Å². The minimum Gasteiger partial charge on any atom is -0.495 e. The van der Waals surface area contributed by atoms with Gasteiger partial charge in [-0.3, -0.25) is 4.79 Å². The average molecular weight is 295 g/mol. The molecule has 0 aromatic heterocycles. The second-order valence-electron chi connectivity index (χ2n) is 4.82. The van der Waals surface area contributed by atoms with Crippen LogP contribution in [0.4, 0.5) is 11.4 Å². The van der Waals surface area contributed by atoms with Crippen LogP contribution < -0.4 is 15.8 Å². The summed E-state index contributed by atoms with van der Waals surface area (Å²) in [7, 11) is 1.56. The number of carbonyl (C=O) groups excluding carboxylic acids is 1. The van der Waals surface area contributed by atoms with Crippen molar-refractivity contribution in [1.82, 2.24) is 0 Å². The molecule has 0 aliphatic carbocycles. The normalized spacial score (nSPS) is 9.82. The van der Waals surface area contributed by atoms with Crippen molar-refractivity contribution >= 4 is 17.3 Å². The number of rotatable bonds is 5. The van der Waals surface area contributed by atoms with Crippen LogP contribution in [0.3, 0.4) is 0 Å². The molecule has 0 radical (unpaired) electrons. The molecule has 3 N–H and O–H groups in total. The fourth-order valence-corrected chi connectivity index (χ4v) is 2.09. The number of hydrogen-bond acceptors (Lipinski definition) is 4. The summed E-state index contributed by atoms with van der Waals surface area (Å²) in [4.78, 5) is 11.9. The Morgan fingerprint density at radius 3 is 2.82 bits per heavy atom. The standard InChI is InChI=1S/C17H17N3O2/c1-22-16-7-5-12(10-15(16)19)6-8-17(21)20-14-4-2-3-13(9-14)11-18/h2-5,7,9-10H,6,8,19H2,1H3,(H,20,21). The zero-order valence-electron chi connectivity index (χ0n) is 12.3. The van der Waals surface area contributed by atoms with Crippen LogP contribution in [-0.2, 0) is 11.2 Å². The van der Waals surface area contributed by atoms with Crippen LogP contribution in [0.2, 0.25) is 0 Å². The maximum Gasteiger partial charge on any atom is 0.224 e. The van der Waals surface area contributed by atoms with E-state index in [2.05, 4.69) is 5.32 Å². The molecule has 0 heterocycles. The number of methoxy groups -OCH3 is 1. The zero-order chi connectivity index (χ0) is 15.9. The van der Waals surface area contributed by atoms with Crippen LogP contribution in [0.1, 0.15) is 17.5 Å². The summed E-state index contributed by atoms with van der Waals surface area (Å²) in [6, 6.07) is 14.3. The number of carbonyl (C=O) groups is 1. The number of nitrogen functional groups attached to an aromatic ring is 1. The van der Waals surface area contributed by atoms with Crippen LogP contribution in [0.15, 0.2) is 42.5 Å². The smallest absolute Gasteiger partial charge is 0.224 e. The summed E-state index contributed by atoms with van der Waals surface area (Å²) in [5.41, 5.74) is 8.50. The second-order valence-corrected chi connectivity index (χ2v) is 4.82. The number of hydrogen-bond donors (Lipinski definition) is 2. The fraction of sp³-hybridized carbons (Fsp3) is 0.176. The Hall–Kier alpha value is -3.00. The number of benzene rings is 2. The van der Waals surface area contributed by atoms with Crippen molar-refractivity contribution in [3.8, 4) is 11.8 Å². The van der Waals surface area contributed by atoms with Gasteiger partial charge in [-0.1, -0.05) is 12.1 Å². The van der Waals surface area contributed by atoms with Crippen LogP contribution in [0.25, 0.3) is 0 Å². The molecular formula is C17H17N3O2. The van der Waals surface area contributed by atoms with Crippen molar-refractivity contribution in [2.24, 2.45) is 0 Å². The monoisotopic (exact) mass is 295 g/mol. The minimum atomic E-state index is -0.107. The van der Waals surface area contributed by atoms with Gasteiger partial charge in [-0.05, 0) is 42.3 Å². The highest BCUT2D eigenvalue weighted by Gasteiger charge is 2.06. The molecule has 0 bridgehead atoms. The molecule has 0 aliphatic heterocycles. The van der Waals surface area contributed by atoms with E-state index >= 15 is 0 Å². The van der Waals surface area contributed by atoms with Gasteiger partial charge < -0.3 is 15.8 Å². The lowest BCUT2D eigenvalue weighted by Crippen LogP contribution is -2.12. The second kappa shape index (κ2) is 7.14. The van der Waals surface area contributed by atoms with Gasteiger partial charge in [-0.25, -0.2) is 0 Å². The maximum atomic E-state index is 11.9. The van der Waals surface area contributed by atoms with E-state index in [4.69, 9.17) is 15.7 Å². The van der Waals surface area contributed by atoms with Crippen molar-refractivity contribution in [3.05, 3.63) is 53.6 Å². The minimum absolute atomic E-state index is 0.107. The number of nitrogens with two attached hydrogens (primary N) is 1. The molecule has 0 fully saturated rings. The molecule has 0 atom stereocenters. The molecule has 1 amide bonds. The van der Waals surface area contributed by atoms with E-state index in [1.54, 1.807) is 37.4 Å². The molecule has 0 saturated carbocycles. The lowest BCUT2D eigenvalue weighted by Gasteiger charge is -2.08. The quantitative estimate of drug-likeness (QED) is 0.830. The lowest BCUT2D eigenvalue weighted by atomic mass is 10.1. The molecule has 0 spiro atoms. The molecule has 112 valence electrons. The molecule has 22 heavy (non-hydrogen) atoms. The first kappa shape index (κ1) is 15.4. The predicted molar refractivity (Wildman–Crippen MR) is 85.5 cm³/mol. The average Bonchev–Trinajstić information content (AvgIpc) is 2.53. The van der Waals surface area contributed by atoms with Gasteiger partial charge in [0.1, 0.15) is 5.75 Å². The van der Waals surface area contributed by atoms with Crippen molar-refractivity contribution in [2.45, 2.75) is 12.8 Å². The Morgan fingerprint density at radius 1 is 1.32 bits per heavy atom. The van der Waals surface area contributed by atoms with E-state index in [1.165, 1.54) is 0 Å². The Kier molecular flexibility index (Phi) is 4.99. The SMILES string of the molecule is COc1ccc(CCC(=O)Nc2cccc(C#N)c2)cc1N. The van der Waals surface area contributed by atoms with Crippen LogP contribution in [-0.4, -0.2) is 13.0 Å². The van der Waals surface area contributed by atoms with Crippen LogP contribution >= 0.6 is 0 Å². The summed E-state index contributed by atoms with van der Waals surface area (Å²) in [6.07, 6.45) is 0.917. The molecule has 2 aromatic carbocycles. The number of aryl methyl sites for hydroxylation is 1. The Morgan fingerprint density at radius 2 is 2.14 bits per heavy atom. The summed E-state index contributed by atoms with van der Waals surface area (Å²) >= 11 is 0. The van der Waals surface area contributed by atoms with Gasteiger partial charge in [0, 0.05) is 12.1 Å². The van der Waals surface area contributed by atoms with E-state index in [1.807, 2.05) is 18.2 Å². The third-order valence-corrected chi connectivity index (χ3v) is 3.21. The topological polar surface area (TPSA) is 88.1 Å². The molecule has 0 saturated heterocycles. The first-order chi connectivity index (χ1) is 10.6. The van der Waals surface area contributed by atoms with Crippen molar-refractivity contribution < 1.29 is 9.53 Å². The van der Waals surface area contributed by atoms with Crippen LogP contribution in [0, 0.1) is 11.3 Å². The number of nitrogens with zero attached hydrogens (tertiary/aromatic N) is 1. The van der Waals surface area contributed by atoms with Gasteiger partial charge in [0.05, 0.1) is 24.4 Å². The van der Waals surface area contributed by atoms with Gasteiger partial charge in [0.2, 0.25) is 5.91 Å². The fourth-order valence-electron chi connectivity index (χ4n) is 2.09. The van der Waals surface area contributed by atoms with E-state index in [0.29, 0.717) is 35.5 Å². The van der Waals surface area contributed by atoms with E-state index in [9.17, 15) is 4.79 Å². The first-order valence-electron chi connectivity index (χ1n) is 6.85. The summed E-state index contributed by atoms with van der Waals surface area (Å²) in [5, 5.41) is 11.6. The van der Waals surface area contributed by atoms with E-state index in [0.717, 1.165) is 5.56 Å². The number of nitrogens with one attached hydrogen (secondary N) is 1. The highest BCUT2D eigenvalue weighted by molar-refractivity contribution is 5.91. The van der Waals surface area contributed by atoms with Gasteiger partial charge in [0.25, 0.3) is 0 Å². The van der Waals surface area contributed by atoms with Crippen LogP contribution in [0.5, 0.6) is 5.75 Å². The van der Waals surface area contributed by atoms with Crippen molar-refractivity contribution in [1.29, 1.82) is 5.26 Å². The van der Waals surface area contributed by atoms with Gasteiger partial charge >= 0.3 is 0 Å². The third kappa shape index (κ3) is 4.00. The molecule has 5 nitrogen and oxygen atoms in total. The molecule has 0 unspecified atom stereocenters. The largest absolute Gasteiger partial charge is 0.495 e. The number of anilines is 2. The molecule has 5 heteroatoms. The Labute approximate surface area is 129 Å². The third-order valence-electron chi connectivity index (χ3n) is 3.21. The summed E-state index contributed by atoms with van der Waals surface area (Å²) in [6.45, 7) is 0. The Balaban J connectivity index is 1.92. The Bertz CT molecular complexity index is 720. The van der Waals surface area contributed by atoms with Gasteiger partial charge in [-0.15, -0.1) is 0 Å². The maximum absolute atomic E-state index is 11.9. The van der Waals surface area contributed by atoms with E-state index in [-0.39, 0.29) is 5.91 Å². The first-order valence-corrected chi connectivity index (χ1v) is 6.85. The molecule has 2 aromatic rings. The molecule has 2 rings (SSSR count). The van der Waals surface area contributed by atoms with Gasteiger partial charge in [0.15, 0.2) is 0 Å². The highest BCUT2D eigenvalue weighted by Crippen LogP contribution is 2.22. The predicted octanol–water partition coefficient (Wildman–Crippen LogP) is 2.72. The molecule has 0 aliphatic rings. The number of ether oxygens (including phenoxy) is 1. The summed E-state index contributed by atoms with van der Waals surface area (Å²) < 4.78 is 5.10. The highest BCUT2D eigenvalue weighted by atomic mass is 16.5. The lowest BCUT2D eigenvalue weighted by molar-refractivity contribution is -0.116. The van der Waals surface area contributed by atoms with Gasteiger partial charge in [-0.2, -0.15) is 5.26 Å².